The van der Waals surface area contributed by atoms with E-state index in [1.165, 1.54) is 5.56 Å². The van der Waals surface area contributed by atoms with Gasteiger partial charge in [0.05, 0.1) is 12.7 Å². The second-order valence-electron chi connectivity index (χ2n) is 4.90. The maximum atomic E-state index is 5.77. The Balaban J connectivity index is 1.78. The molecular weight excluding hydrogens is 260 g/mol. The predicted molar refractivity (Wildman–Crippen MR) is 81.2 cm³/mol. The highest BCUT2D eigenvalue weighted by Crippen LogP contribution is 2.12. The van der Waals surface area contributed by atoms with Crippen LogP contribution in [0.5, 0.6) is 0 Å². The Morgan fingerprint density at radius 2 is 2.16 bits per heavy atom. The third-order valence-corrected chi connectivity index (χ3v) is 3.73. The van der Waals surface area contributed by atoms with Gasteiger partial charge in [0.1, 0.15) is 0 Å². The fourth-order valence-corrected chi connectivity index (χ4v) is 2.54. The molecule has 19 heavy (non-hydrogen) atoms. The molecule has 0 aromatic heterocycles. The largest absolute Gasteiger partial charge is 0.382 e. The first-order valence-electron chi connectivity index (χ1n) is 7.04. The molecule has 1 atom stereocenters. The van der Waals surface area contributed by atoms with Crippen LogP contribution < -0.4 is 5.32 Å². The quantitative estimate of drug-likeness (QED) is 0.812. The van der Waals surface area contributed by atoms with Crippen LogP contribution in [0.4, 0.5) is 5.69 Å². The number of nitrogens with zero attached hydrogens (tertiary/aromatic N) is 1. The summed E-state index contributed by atoms with van der Waals surface area (Å²) in [5, 5.41) is 3.44. The first-order chi connectivity index (χ1) is 9.31. The van der Waals surface area contributed by atoms with Gasteiger partial charge in [-0.3, -0.25) is 4.90 Å². The number of rotatable bonds is 6. The fraction of sp³-hybridized carbons (Fsp3) is 0.600. The van der Waals surface area contributed by atoms with Crippen LogP contribution in [0.2, 0.25) is 0 Å². The number of morpholine rings is 1. The third kappa shape index (κ3) is 4.68. The maximum absolute atomic E-state index is 5.77. The molecule has 1 aromatic rings. The van der Waals surface area contributed by atoms with E-state index in [0.29, 0.717) is 5.88 Å². The molecule has 0 spiro atoms. The summed E-state index contributed by atoms with van der Waals surface area (Å²) in [6.45, 7) is 7.09. The summed E-state index contributed by atoms with van der Waals surface area (Å²) in [6, 6.07) is 8.49. The zero-order valence-electron chi connectivity index (χ0n) is 11.6. The number of ether oxygens (including phenoxy) is 1. The van der Waals surface area contributed by atoms with Crippen molar-refractivity contribution < 1.29 is 4.74 Å². The molecule has 1 fully saturated rings. The van der Waals surface area contributed by atoms with E-state index in [2.05, 4.69) is 41.4 Å². The van der Waals surface area contributed by atoms with E-state index in [1.54, 1.807) is 0 Å². The van der Waals surface area contributed by atoms with Crippen molar-refractivity contribution in [3.63, 3.8) is 0 Å². The molecule has 1 N–H and O–H groups in total. The molecule has 1 unspecified atom stereocenters. The van der Waals surface area contributed by atoms with Gasteiger partial charge in [0, 0.05) is 31.2 Å². The second-order valence-corrected chi connectivity index (χ2v) is 5.28. The Morgan fingerprint density at radius 1 is 1.37 bits per heavy atom. The smallest absolute Gasteiger partial charge is 0.0874 e. The average Bonchev–Trinajstić information content (AvgIpc) is 2.47. The topological polar surface area (TPSA) is 24.5 Å². The Kier molecular flexibility index (Phi) is 5.95. The van der Waals surface area contributed by atoms with Crippen molar-refractivity contribution in [2.75, 3.05) is 44.0 Å². The number of benzene rings is 1. The molecule has 0 amide bonds. The van der Waals surface area contributed by atoms with Gasteiger partial charge in [0.25, 0.3) is 0 Å². The molecule has 0 saturated carbocycles. The molecule has 4 heteroatoms. The lowest BCUT2D eigenvalue weighted by atomic mass is 10.1. The first kappa shape index (κ1) is 14.6. The first-order valence-corrected chi connectivity index (χ1v) is 7.58. The minimum atomic E-state index is 0.288. The molecule has 2 rings (SSSR count). The number of halogens is 1. The minimum Gasteiger partial charge on any atom is -0.382 e. The van der Waals surface area contributed by atoms with Crippen molar-refractivity contribution in [2.45, 2.75) is 19.4 Å². The zero-order chi connectivity index (χ0) is 13.5. The number of nitrogens with one attached hydrogen (secondary N) is 1. The number of hydrogen-bond acceptors (Lipinski definition) is 3. The van der Waals surface area contributed by atoms with Gasteiger partial charge in [-0.15, -0.1) is 11.6 Å². The van der Waals surface area contributed by atoms with E-state index >= 15 is 0 Å². The number of alkyl halides is 1. The van der Waals surface area contributed by atoms with Crippen molar-refractivity contribution >= 4 is 17.3 Å². The normalized spacial score (nSPS) is 20.4. The van der Waals surface area contributed by atoms with Crippen LogP contribution in [0, 0.1) is 0 Å². The van der Waals surface area contributed by atoms with Gasteiger partial charge in [-0.05, 0) is 30.7 Å². The van der Waals surface area contributed by atoms with Crippen LogP contribution in [0.25, 0.3) is 0 Å². The van der Waals surface area contributed by atoms with Crippen LogP contribution in [-0.4, -0.2) is 49.7 Å². The SMILES string of the molecule is CCN1CCOC(CNc2ccc(CCCl)cc2)C1. The molecule has 1 aliphatic heterocycles. The Labute approximate surface area is 120 Å². The van der Waals surface area contributed by atoms with E-state index in [0.717, 1.165) is 44.9 Å². The summed E-state index contributed by atoms with van der Waals surface area (Å²) in [7, 11) is 0. The molecule has 0 aliphatic carbocycles. The van der Waals surface area contributed by atoms with Gasteiger partial charge in [0.2, 0.25) is 0 Å². The van der Waals surface area contributed by atoms with Crippen molar-refractivity contribution in [1.82, 2.24) is 4.90 Å². The molecule has 1 saturated heterocycles. The molecule has 1 aromatic carbocycles. The van der Waals surface area contributed by atoms with E-state index < -0.39 is 0 Å². The Hall–Kier alpha value is -0.770. The van der Waals surface area contributed by atoms with Gasteiger partial charge < -0.3 is 10.1 Å². The molecule has 0 bridgehead atoms. The summed E-state index contributed by atoms with van der Waals surface area (Å²) in [5.74, 6) is 0.676. The summed E-state index contributed by atoms with van der Waals surface area (Å²) in [4.78, 5) is 2.43. The Bertz CT molecular complexity index is 369. The average molecular weight is 283 g/mol. The zero-order valence-corrected chi connectivity index (χ0v) is 12.3. The maximum Gasteiger partial charge on any atom is 0.0874 e. The summed E-state index contributed by atoms with van der Waals surface area (Å²) < 4.78 is 5.77. The van der Waals surface area contributed by atoms with Gasteiger partial charge in [-0.25, -0.2) is 0 Å². The van der Waals surface area contributed by atoms with E-state index in [1.807, 2.05) is 0 Å². The fourth-order valence-electron chi connectivity index (χ4n) is 2.32. The second kappa shape index (κ2) is 7.73. The summed E-state index contributed by atoms with van der Waals surface area (Å²) >= 11 is 5.73. The molecule has 1 heterocycles. The molecule has 1 aliphatic rings. The number of hydrogen-bond donors (Lipinski definition) is 1. The standard InChI is InChI=1S/C15H23ClN2O/c1-2-18-9-10-19-15(12-18)11-17-14-5-3-13(4-6-14)7-8-16/h3-6,15,17H,2,7-12H2,1H3. The van der Waals surface area contributed by atoms with E-state index in [9.17, 15) is 0 Å². The van der Waals surface area contributed by atoms with Crippen LogP contribution in [0.15, 0.2) is 24.3 Å². The number of anilines is 1. The predicted octanol–water partition coefficient (Wildman–Crippen LogP) is 2.60. The van der Waals surface area contributed by atoms with E-state index in [-0.39, 0.29) is 6.10 Å². The highest BCUT2D eigenvalue weighted by atomic mass is 35.5. The van der Waals surface area contributed by atoms with Crippen LogP contribution in [0.1, 0.15) is 12.5 Å². The van der Waals surface area contributed by atoms with Crippen molar-refractivity contribution in [2.24, 2.45) is 0 Å². The molecule has 0 radical (unpaired) electrons. The summed E-state index contributed by atoms with van der Waals surface area (Å²) in [5.41, 5.74) is 2.43. The van der Waals surface area contributed by atoms with Crippen LogP contribution in [0.3, 0.4) is 0 Å². The minimum absolute atomic E-state index is 0.288. The van der Waals surface area contributed by atoms with Crippen molar-refractivity contribution in [3.05, 3.63) is 29.8 Å². The Morgan fingerprint density at radius 3 is 2.84 bits per heavy atom. The van der Waals surface area contributed by atoms with Crippen LogP contribution >= 0.6 is 11.6 Å². The van der Waals surface area contributed by atoms with Gasteiger partial charge in [-0.2, -0.15) is 0 Å². The lowest BCUT2D eigenvalue weighted by Crippen LogP contribution is -2.45. The molecular formula is C15H23ClN2O. The summed E-state index contributed by atoms with van der Waals surface area (Å²) in [6.07, 6.45) is 1.22. The van der Waals surface area contributed by atoms with E-state index in [4.69, 9.17) is 16.3 Å². The highest BCUT2D eigenvalue weighted by Gasteiger charge is 2.18. The number of aryl methyl sites for hydroxylation is 1. The van der Waals surface area contributed by atoms with Crippen LogP contribution in [-0.2, 0) is 11.2 Å². The van der Waals surface area contributed by atoms with Gasteiger partial charge >= 0.3 is 0 Å². The monoisotopic (exact) mass is 282 g/mol. The van der Waals surface area contributed by atoms with Gasteiger partial charge in [0.15, 0.2) is 0 Å². The van der Waals surface area contributed by atoms with Crippen molar-refractivity contribution in [1.29, 1.82) is 0 Å². The molecule has 106 valence electrons. The lowest BCUT2D eigenvalue weighted by molar-refractivity contribution is -0.0191. The van der Waals surface area contributed by atoms with Gasteiger partial charge in [-0.1, -0.05) is 19.1 Å². The molecule has 3 nitrogen and oxygen atoms in total. The highest BCUT2D eigenvalue weighted by molar-refractivity contribution is 6.17. The third-order valence-electron chi connectivity index (χ3n) is 3.54. The number of likely N-dealkylation sites (N-methyl/N-ethyl adjacent to an activating group) is 1. The van der Waals surface area contributed by atoms with Crippen molar-refractivity contribution in [3.8, 4) is 0 Å². The lowest BCUT2D eigenvalue weighted by Gasteiger charge is -2.32.